The second kappa shape index (κ2) is 14.2. The molecule has 0 aromatic heterocycles. The number of nitrogens with one attached hydrogen (secondary N) is 2. The summed E-state index contributed by atoms with van der Waals surface area (Å²) in [6.45, 7) is 9.55. The van der Waals surface area contributed by atoms with Crippen LogP contribution in [0, 0.1) is 11.3 Å². The lowest BCUT2D eigenvalue weighted by atomic mass is 9.89. The van der Waals surface area contributed by atoms with Crippen LogP contribution in [0.4, 0.5) is 0 Å². The minimum Gasteiger partial charge on any atom is -0.508 e. The molecule has 0 aliphatic carbocycles. The summed E-state index contributed by atoms with van der Waals surface area (Å²) >= 11 is 0. The zero-order chi connectivity index (χ0) is 26.8. The first-order valence-corrected chi connectivity index (χ1v) is 13.8. The lowest BCUT2D eigenvalue weighted by Crippen LogP contribution is -2.45. The molecular formula is C24H36N2O7S2. The molecule has 1 aromatic rings. The number of hydrogen-bond donors (Lipinski definition) is 5. The number of aliphatic carboxylic acids is 2. The smallest absolute Gasteiger partial charge is 0.327 e. The Morgan fingerprint density at radius 1 is 0.886 bits per heavy atom. The molecule has 196 valence electrons. The zero-order valence-electron chi connectivity index (χ0n) is 20.7. The minimum absolute atomic E-state index is 0.0119. The van der Waals surface area contributed by atoms with E-state index in [0.717, 1.165) is 21.6 Å². The Hall–Kier alpha value is -2.40. The monoisotopic (exact) mass is 528 g/mol. The molecule has 0 saturated heterocycles. The van der Waals surface area contributed by atoms with Crippen molar-refractivity contribution < 1.29 is 34.5 Å². The number of carbonyl (C=O) groups is 4. The Labute approximate surface area is 214 Å². The molecule has 35 heavy (non-hydrogen) atoms. The van der Waals surface area contributed by atoms with Crippen molar-refractivity contribution in [2.75, 3.05) is 11.5 Å². The average molecular weight is 529 g/mol. The largest absolute Gasteiger partial charge is 0.508 e. The van der Waals surface area contributed by atoms with Crippen LogP contribution in [0.2, 0.25) is 0 Å². The van der Waals surface area contributed by atoms with Gasteiger partial charge in [-0.15, -0.1) is 0 Å². The second-order valence-corrected chi connectivity index (χ2v) is 12.5. The molecule has 0 saturated carbocycles. The summed E-state index contributed by atoms with van der Waals surface area (Å²) < 4.78 is 0. The topological polar surface area (TPSA) is 153 Å². The molecule has 11 heteroatoms. The molecule has 2 amide bonds. The highest BCUT2D eigenvalue weighted by Crippen LogP contribution is 2.27. The van der Waals surface area contributed by atoms with Gasteiger partial charge in [-0.2, -0.15) is 0 Å². The van der Waals surface area contributed by atoms with Crippen molar-refractivity contribution in [2.45, 2.75) is 65.5 Å². The minimum atomic E-state index is -1.20. The molecule has 1 aromatic carbocycles. The molecule has 0 aliphatic rings. The number of rotatable bonds is 14. The number of carbonyl (C=O) groups excluding carboxylic acids is 2. The maximum Gasteiger partial charge on any atom is 0.327 e. The van der Waals surface area contributed by atoms with Gasteiger partial charge >= 0.3 is 11.9 Å². The first-order chi connectivity index (χ1) is 16.2. The van der Waals surface area contributed by atoms with Crippen LogP contribution in [0.15, 0.2) is 24.3 Å². The summed E-state index contributed by atoms with van der Waals surface area (Å²) in [5.41, 5.74) is 0.394. The van der Waals surface area contributed by atoms with Gasteiger partial charge in [0.2, 0.25) is 11.8 Å². The second-order valence-electron chi connectivity index (χ2n) is 9.94. The van der Waals surface area contributed by atoms with Crippen LogP contribution < -0.4 is 10.6 Å². The Morgan fingerprint density at radius 2 is 1.37 bits per heavy atom. The number of phenolic OH excluding ortho intramolecular Hbond substituents is 1. The molecular weight excluding hydrogens is 492 g/mol. The van der Waals surface area contributed by atoms with Gasteiger partial charge in [0.15, 0.2) is 0 Å². The van der Waals surface area contributed by atoms with Crippen molar-refractivity contribution in [3.05, 3.63) is 29.8 Å². The molecule has 9 nitrogen and oxygen atoms in total. The molecule has 0 spiro atoms. The van der Waals surface area contributed by atoms with Crippen LogP contribution >= 0.6 is 21.6 Å². The van der Waals surface area contributed by atoms with E-state index in [1.807, 2.05) is 34.6 Å². The van der Waals surface area contributed by atoms with Crippen LogP contribution in [-0.2, 0) is 19.2 Å². The molecule has 0 bridgehead atoms. The highest BCUT2D eigenvalue weighted by Gasteiger charge is 2.28. The quantitative estimate of drug-likeness (QED) is 0.180. The lowest BCUT2D eigenvalue weighted by molar-refractivity contribution is -0.141. The van der Waals surface area contributed by atoms with Gasteiger partial charge in [0.25, 0.3) is 0 Å². The summed E-state index contributed by atoms with van der Waals surface area (Å²) in [6, 6.07) is 3.97. The van der Waals surface area contributed by atoms with Gasteiger partial charge in [0.05, 0.1) is 5.92 Å². The van der Waals surface area contributed by atoms with E-state index in [9.17, 15) is 34.5 Å². The van der Waals surface area contributed by atoms with Gasteiger partial charge in [0.1, 0.15) is 17.8 Å². The van der Waals surface area contributed by atoms with Crippen molar-refractivity contribution in [3.63, 3.8) is 0 Å². The van der Waals surface area contributed by atoms with Crippen LogP contribution in [0.3, 0.4) is 0 Å². The average Bonchev–Trinajstić information content (AvgIpc) is 2.72. The highest BCUT2D eigenvalue weighted by molar-refractivity contribution is 8.76. The van der Waals surface area contributed by atoms with E-state index in [1.165, 1.54) is 12.1 Å². The van der Waals surface area contributed by atoms with E-state index < -0.39 is 35.8 Å². The number of carboxylic acid groups (broad SMARTS) is 2. The fraction of sp³-hybridized carbons (Fsp3) is 0.583. The summed E-state index contributed by atoms with van der Waals surface area (Å²) in [5.74, 6) is -3.45. The van der Waals surface area contributed by atoms with Crippen molar-refractivity contribution in [2.24, 2.45) is 11.3 Å². The molecule has 3 atom stereocenters. The summed E-state index contributed by atoms with van der Waals surface area (Å²) in [4.78, 5) is 48.3. The van der Waals surface area contributed by atoms with Crippen molar-refractivity contribution in [1.82, 2.24) is 10.6 Å². The maximum atomic E-state index is 13.0. The van der Waals surface area contributed by atoms with E-state index in [0.29, 0.717) is 12.0 Å². The molecule has 0 aliphatic heterocycles. The molecule has 1 rings (SSSR count). The Bertz CT molecular complexity index is 870. The Balaban J connectivity index is 2.71. The predicted octanol–water partition coefficient (Wildman–Crippen LogP) is 3.48. The van der Waals surface area contributed by atoms with E-state index in [4.69, 9.17) is 0 Å². The third-order valence-corrected chi connectivity index (χ3v) is 7.23. The first-order valence-electron chi connectivity index (χ1n) is 11.3. The van der Waals surface area contributed by atoms with E-state index in [1.54, 1.807) is 12.1 Å². The number of carboxylic acids is 2. The number of amides is 2. The molecule has 0 heterocycles. The van der Waals surface area contributed by atoms with Crippen molar-refractivity contribution in [1.29, 1.82) is 0 Å². The van der Waals surface area contributed by atoms with Crippen LogP contribution in [0.5, 0.6) is 5.75 Å². The molecule has 0 unspecified atom stereocenters. The number of benzene rings is 1. The van der Waals surface area contributed by atoms with Gasteiger partial charge in [-0.3, -0.25) is 9.59 Å². The van der Waals surface area contributed by atoms with Gasteiger partial charge in [0, 0.05) is 17.9 Å². The Morgan fingerprint density at radius 3 is 1.80 bits per heavy atom. The number of aromatic hydroxyl groups is 1. The third kappa shape index (κ3) is 12.2. The molecule has 5 N–H and O–H groups in total. The van der Waals surface area contributed by atoms with Gasteiger partial charge in [-0.25, -0.2) is 9.59 Å². The van der Waals surface area contributed by atoms with Crippen LogP contribution in [0.1, 0.15) is 58.9 Å². The van der Waals surface area contributed by atoms with Crippen molar-refractivity contribution in [3.8, 4) is 5.75 Å². The fourth-order valence-corrected chi connectivity index (χ4v) is 5.46. The number of hydrogen-bond acceptors (Lipinski definition) is 7. The van der Waals surface area contributed by atoms with Crippen LogP contribution in [0.25, 0.3) is 0 Å². The van der Waals surface area contributed by atoms with E-state index in [2.05, 4.69) is 10.6 Å². The highest BCUT2D eigenvalue weighted by atomic mass is 33.1. The first kappa shape index (κ1) is 30.6. The normalized spacial score (nSPS) is 14.1. The number of phenols is 1. The zero-order valence-corrected chi connectivity index (χ0v) is 22.4. The summed E-state index contributed by atoms with van der Waals surface area (Å²) in [5, 5.41) is 33.6. The van der Waals surface area contributed by atoms with Gasteiger partial charge < -0.3 is 26.0 Å². The third-order valence-electron chi connectivity index (χ3n) is 4.81. The van der Waals surface area contributed by atoms with Crippen LogP contribution in [-0.4, -0.2) is 62.7 Å². The van der Waals surface area contributed by atoms with E-state index >= 15 is 0 Å². The fourth-order valence-electron chi connectivity index (χ4n) is 3.15. The van der Waals surface area contributed by atoms with Gasteiger partial charge in [-0.05, 0) is 35.4 Å². The molecule has 0 fully saturated rings. The van der Waals surface area contributed by atoms with Crippen molar-refractivity contribution >= 4 is 45.3 Å². The summed E-state index contributed by atoms with van der Waals surface area (Å²) in [7, 11) is 2.23. The van der Waals surface area contributed by atoms with Gasteiger partial charge in [-0.1, -0.05) is 68.3 Å². The Kier molecular flexibility index (Phi) is 12.5. The molecule has 0 radical (unpaired) electrons. The lowest BCUT2D eigenvalue weighted by Gasteiger charge is -2.22. The standard InChI is InChI=1S/C24H36N2O7S2/c1-14(2)10-17(15-6-8-16(27)9-7-15)21(29)26-19(23(32)33)13-35-34-12-18(22(30)31)25-20(28)11-24(3,4)5/h6-9,14,17-19,27H,10-13H2,1-5H3,(H,25,28)(H,26,29)(H,30,31)(H,32,33)/t17-,18+,19+/m1/s1. The maximum absolute atomic E-state index is 13.0. The predicted molar refractivity (Wildman–Crippen MR) is 138 cm³/mol. The van der Waals surface area contributed by atoms with E-state index in [-0.39, 0.29) is 40.9 Å². The SMILES string of the molecule is CC(C)C[C@@H](C(=O)N[C@@H](CSSC[C@H](NC(=O)CC(C)(C)C)C(=O)O)C(=O)O)c1ccc(O)cc1. The summed E-state index contributed by atoms with van der Waals surface area (Å²) in [6.07, 6.45) is 0.680.